The summed E-state index contributed by atoms with van der Waals surface area (Å²) in [4.78, 5) is 17.6. The van der Waals surface area contributed by atoms with Gasteiger partial charge in [-0.15, -0.1) is 0 Å². The van der Waals surface area contributed by atoms with Gasteiger partial charge >= 0.3 is 5.97 Å². The Balaban J connectivity index is 1.83. The van der Waals surface area contributed by atoms with Crippen LogP contribution in [-0.4, -0.2) is 33.7 Å². The van der Waals surface area contributed by atoms with Gasteiger partial charge in [0.15, 0.2) is 0 Å². The quantitative estimate of drug-likeness (QED) is 0.924. The van der Waals surface area contributed by atoms with Crippen LogP contribution in [-0.2, 0) is 13.0 Å². The molecule has 0 amide bonds. The summed E-state index contributed by atoms with van der Waals surface area (Å²) in [5, 5.41) is 9.28. The van der Waals surface area contributed by atoms with Crippen LogP contribution in [0.25, 0.3) is 0 Å². The molecular weight excluding hydrogens is 254 g/mol. The lowest BCUT2D eigenvalue weighted by molar-refractivity contribution is 0.0695. The molecule has 1 aliphatic heterocycles. The minimum atomic E-state index is -0.835. The highest BCUT2D eigenvalue weighted by Crippen LogP contribution is 2.29. The lowest BCUT2D eigenvalue weighted by Crippen LogP contribution is -2.33. The Bertz CT molecular complexity index is 608. The summed E-state index contributed by atoms with van der Waals surface area (Å²) in [5.74, 6) is -0.835. The van der Waals surface area contributed by atoms with Crippen LogP contribution >= 0.6 is 0 Å². The Labute approximate surface area is 117 Å². The van der Waals surface area contributed by atoms with E-state index in [-0.39, 0.29) is 0 Å². The number of aromatic nitrogens is 2. The van der Waals surface area contributed by atoms with Gasteiger partial charge in [0.25, 0.3) is 0 Å². The fraction of sp³-hybridized carbons (Fsp3) is 0.333. The number of aromatic carboxylic acids is 1. The minimum absolute atomic E-state index is 0.440. The molecule has 1 aromatic carbocycles. The Hall–Kier alpha value is -2.30. The molecule has 1 aromatic heterocycles. The molecule has 0 radical (unpaired) electrons. The number of imidazole rings is 1. The predicted molar refractivity (Wildman–Crippen MR) is 76.2 cm³/mol. The number of rotatable bonds is 4. The van der Waals surface area contributed by atoms with E-state index in [1.807, 2.05) is 22.9 Å². The number of carboxylic acid groups (broad SMARTS) is 1. The normalized spacial score (nSPS) is 14.1. The first-order valence-electron chi connectivity index (χ1n) is 6.81. The van der Waals surface area contributed by atoms with Crippen LogP contribution in [0.1, 0.15) is 22.3 Å². The maximum Gasteiger partial charge on any atom is 0.336 e. The topological polar surface area (TPSA) is 58.4 Å². The van der Waals surface area contributed by atoms with Crippen molar-refractivity contribution in [2.24, 2.45) is 0 Å². The summed E-state index contributed by atoms with van der Waals surface area (Å²) in [6, 6.07) is 5.55. The third kappa shape index (κ3) is 2.39. The van der Waals surface area contributed by atoms with E-state index in [4.69, 9.17) is 0 Å². The molecule has 1 N–H and O–H groups in total. The summed E-state index contributed by atoms with van der Waals surface area (Å²) in [6.45, 7) is 2.70. The Kier molecular flexibility index (Phi) is 3.41. The van der Waals surface area contributed by atoms with Crippen molar-refractivity contribution in [3.05, 3.63) is 48.0 Å². The van der Waals surface area contributed by atoms with E-state index < -0.39 is 5.97 Å². The van der Waals surface area contributed by atoms with Gasteiger partial charge in [-0.2, -0.15) is 0 Å². The maximum absolute atomic E-state index is 11.3. The second kappa shape index (κ2) is 5.36. The zero-order chi connectivity index (χ0) is 13.9. The molecule has 0 bridgehead atoms. The van der Waals surface area contributed by atoms with E-state index >= 15 is 0 Å². The number of hydrogen-bond donors (Lipinski definition) is 1. The highest BCUT2D eigenvalue weighted by molar-refractivity contribution is 5.91. The molecule has 5 nitrogen and oxygen atoms in total. The number of nitrogens with zero attached hydrogens (tertiary/aromatic N) is 3. The number of carboxylic acids is 1. The van der Waals surface area contributed by atoms with Gasteiger partial charge in [-0.25, -0.2) is 9.78 Å². The molecule has 0 saturated carbocycles. The summed E-state index contributed by atoms with van der Waals surface area (Å²) >= 11 is 0. The van der Waals surface area contributed by atoms with Gasteiger partial charge in [0.2, 0.25) is 0 Å². The lowest BCUT2D eigenvalue weighted by Gasteiger charge is -2.32. The molecule has 0 unspecified atom stereocenters. The fourth-order valence-corrected chi connectivity index (χ4v) is 2.79. The van der Waals surface area contributed by atoms with Crippen molar-refractivity contribution >= 4 is 11.7 Å². The van der Waals surface area contributed by atoms with Gasteiger partial charge in [-0.05, 0) is 30.5 Å². The van der Waals surface area contributed by atoms with Gasteiger partial charge in [0.1, 0.15) is 0 Å². The first kappa shape index (κ1) is 12.7. The zero-order valence-corrected chi connectivity index (χ0v) is 11.2. The molecule has 1 aliphatic rings. The predicted octanol–water partition coefficient (Wildman–Crippen LogP) is 2.03. The van der Waals surface area contributed by atoms with Crippen molar-refractivity contribution in [3.63, 3.8) is 0 Å². The molecule has 2 aromatic rings. The van der Waals surface area contributed by atoms with Crippen molar-refractivity contribution in [3.8, 4) is 0 Å². The summed E-state index contributed by atoms with van der Waals surface area (Å²) < 4.78 is 2.04. The second-order valence-corrected chi connectivity index (χ2v) is 5.00. The fourth-order valence-electron chi connectivity index (χ4n) is 2.79. The third-order valence-electron chi connectivity index (χ3n) is 3.76. The van der Waals surface area contributed by atoms with E-state index in [2.05, 4.69) is 9.88 Å². The Morgan fingerprint density at radius 1 is 1.35 bits per heavy atom. The number of carbonyl (C=O) groups is 1. The molecule has 0 fully saturated rings. The van der Waals surface area contributed by atoms with Gasteiger partial charge < -0.3 is 14.6 Å². The van der Waals surface area contributed by atoms with Crippen molar-refractivity contribution < 1.29 is 9.90 Å². The van der Waals surface area contributed by atoms with Crippen LogP contribution < -0.4 is 4.90 Å². The molecule has 104 valence electrons. The van der Waals surface area contributed by atoms with Crippen molar-refractivity contribution in [1.82, 2.24) is 9.55 Å². The molecule has 20 heavy (non-hydrogen) atoms. The van der Waals surface area contributed by atoms with E-state index in [9.17, 15) is 9.90 Å². The standard InChI is InChI=1S/C15H17N3O2/c19-15(20)13-3-1-5-14-12(13)4-2-7-18(14)10-9-17-8-6-16-11-17/h1,3,5-6,8,11H,2,4,7,9-10H2,(H,19,20). The van der Waals surface area contributed by atoms with Crippen LogP contribution in [0.4, 0.5) is 5.69 Å². The van der Waals surface area contributed by atoms with Gasteiger partial charge in [-0.1, -0.05) is 6.07 Å². The Morgan fingerprint density at radius 3 is 3.00 bits per heavy atom. The van der Waals surface area contributed by atoms with Crippen LogP contribution in [0, 0.1) is 0 Å². The molecule has 0 atom stereocenters. The maximum atomic E-state index is 11.3. The van der Waals surface area contributed by atoms with Crippen LogP contribution in [0.15, 0.2) is 36.9 Å². The van der Waals surface area contributed by atoms with Crippen molar-refractivity contribution in [2.45, 2.75) is 19.4 Å². The van der Waals surface area contributed by atoms with Crippen molar-refractivity contribution in [1.29, 1.82) is 0 Å². The van der Waals surface area contributed by atoms with Crippen LogP contribution in [0.2, 0.25) is 0 Å². The van der Waals surface area contributed by atoms with E-state index in [1.165, 1.54) is 0 Å². The lowest BCUT2D eigenvalue weighted by atomic mass is 9.96. The Morgan fingerprint density at radius 2 is 2.25 bits per heavy atom. The minimum Gasteiger partial charge on any atom is -0.478 e. The zero-order valence-electron chi connectivity index (χ0n) is 11.2. The summed E-state index contributed by atoms with van der Waals surface area (Å²) in [6.07, 6.45) is 7.37. The average Bonchev–Trinajstić information content (AvgIpc) is 2.97. The molecule has 0 aliphatic carbocycles. The van der Waals surface area contributed by atoms with Crippen LogP contribution in [0.3, 0.4) is 0 Å². The third-order valence-corrected chi connectivity index (χ3v) is 3.76. The van der Waals surface area contributed by atoms with E-state index in [1.54, 1.807) is 18.6 Å². The highest BCUT2D eigenvalue weighted by atomic mass is 16.4. The van der Waals surface area contributed by atoms with Gasteiger partial charge in [0.05, 0.1) is 11.9 Å². The number of benzene rings is 1. The number of anilines is 1. The molecule has 0 saturated heterocycles. The first-order valence-corrected chi connectivity index (χ1v) is 6.81. The highest BCUT2D eigenvalue weighted by Gasteiger charge is 2.21. The summed E-state index contributed by atoms with van der Waals surface area (Å²) in [5.41, 5.74) is 2.47. The van der Waals surface area contributed by atoms with E-state index in [0.717, 1.165) is 43.7 Å². The van der Waals surface area contributed by atoms with Crippen LogP contribution in [0.5, 0.6) is 0 Å². The number of fused-ring (bicyclic) bond motifs is 1. The first-order chi connectivity index (χ1) is 9.75. The summed E-state index contributed by atoms with van der Waals surface area (Å²) in [7, 11) is 0. The SMILES string of the molecule is O=C(O)c1cccc2c1CCCN2CCn1ccnc1. The number of hydrogen-bond acceptors (Lipinski definition) is 3. The molecule has 0 spiro atoms. The monoisotopic (exact) mass is 271 g/mol. The van der Waals surface area contributed by atoms with E-state index in [0.29, 0.717) is 5.56 Å². The van der Waals surface area contributed by atoms with Crippen molar-refractivity contribution in [2.75, 3.05) is 18.0 Å². The molecule has 2 heterocycles. The molecule has 3 rings (SSSR count). The molecular formula is C15H17N3O2. The smallest absolute Gasteiger partial charge is 0.336 e. The average molecular weight is 271 g/mol. The second-order valence-electron chi connectivity index (χ2n) is 5.00. The molecule has 5 heteroatoms. The van der Waals surface area contributed by atoms with Gasteiger partial charge in [-0.3, -0.25) is 0 Å². The largest absolute Gasteiger partial charge is 0.478 e. The van der Waals surface area contributed by atoms with Gasteiger partial charge in [0, 0.05) is 37.7 Å².